The number of imide groups is 1. The molecule has 0 aliphatic carbocycles. The second kappa shape index (κ2) is 7.24. The summed E-state index contributed by atoms with van der Waals surface area (Å²) in [5, 5.41) is 0. The van der Waals surface area contributed by atoms with E-state index in [0.717, 1.165) is 5.56 Å². The Bertz CT molecular complexity index is 504. The fourth-order valence-electron chi connectivity index (χ4n) is 2.47. The number of amides is 2. The van der Waals surface area contributed by atoms with Crippen molar-refractivity contribution in [3.63, 3.8) is 0 Å². The van der Waals surface area contributed by atoms with Gasteiger partial charge in [0, 0.05) is 10.3 Å². The maximum atomic E-state index is 12.6. The van der Waals surface area contributed by atoms with Crippen molar-refractivity contribution in [2.24, 2.45) is 11.8 Å². The average Bonchev–Trinajstić information content (AvgIpc) is 2.81. The molecule has 5 heteroatoms. The van der Waals surface area contributed by atoms with Crippen molar-refractivity contribution in [2.75, 3.05) is 11.0 Å². The molecule has 1 heterocycles. The molecule has 1 aliphatic rings. The van der Waals surface area contributed by atoms with Crippen LogP contribution in [-0.4, -0.2) is 34.0 Å². The molecule has 1 aromatic carbocycles. The zero-order valence-corrected chi connectivity index (χ0v) is 14.4. The number of carbonyl (C=O) groups excluding carboxylic acids is 2. The van der Waals surface area contributed by atoms with Crippen molar-refractivity contribution in [3.05, 3.63) is 35.9 Å². The van der Waals surface area contributed by atoms with Crippen molar-refractivity contribution >= 4 is 34.6 Å². The highest BCUT2D eigenvalue weighted by Gasteiger charge is 2.41. The molecule has 1 fully saturated rings. The van der Waals surface area contributed by atoms with Crippen LogP contribution in [0.2, 0.25) is 0 Å². The Kier molecular flexibility index (Phi) is 5.61. The first-order valence-corrected chi connectivity index (χ1v) is 8.66. The highest BCUT2D eigenvalue weighted by Crippen LogP contribution is 2.24. The van der Waals surface area contributed by atoms with Crippen LogP contribution >= 0.6 is 22.6 Å². The molecular weight excluding hydrogens is 381 g/mol. The van der Waals surface area contributed by atoms with Crippen LogP contribution in [0.4, 0.5) is 4.79 Å². The predicted molar refractivity (Wildman–Crippen MR) is 89.3 cm³/mol. The van der Waals surface area contributed by atoms with Crippen molar-refractivity contribution in [2.45, 2.75) is 26.3 Å². The van der Waals surface area contributed by atoms with Crippen LogP contribution in [0.5, 0.6) is 0 Å². The summed E-state index contributed by atoms with van der Waals surface area (Å²) in [5.41, 5.74) is 1.11. The minimum Gasteiger partial charge on any atom is -0.447 e. The predicted octanol–water partition coefficient (Wildman–Crippen LogP) is 3.28. The molecule has 114 valence electrons. The fourth-order valence-corrected chi connectivity index (χ4v) is 3.87. The Balaban J connectivity index is 2.15. The first-order chi connectivity index (χ1) is 10.0. The van der Waals surface area contributed by atoms with E-state index in [9.17, 15) is 9.59 Å². The van der Waals surface area contributed by atoms with Gasteiger partial charge in [0.15, 0.2) is 0 Å². The number of benzene rings is 1. The normalized spacial score (nSPS) is 19.7. The molecule has 1 unspecified atom stereocenters. The van der Waals surface area contributed by atoms with E-state index in [4.69, 9.17) is 4.74 Å². The number of alkyl halides is 1. The summed E-state index contributed by atoms with van der Waals surface area (Å²) < 4.78 is 5.81. The maximum absolute atomic E-state index is 12.6. The summed E-state index contributed by atoms with van der Waals surface area (Å²) >= 11 is 2.20. The molecule has 0 saturated carbocycles. The Morgan fingerprint density at radius 3 is 2.62 bits per heavy atom. The Hall–Kier alpha value is -1.11. The second-order valence-corrected chi connectivity index (χ2v) is 6.51. The number of nitrogens with zero attached hydrogens (tertiary/aromatic N) is 1. The van der Waals surface area contributed by atoms with Gasteiger partial charge in [0.25, 0.3) is 0 Å². The Morgan fingerprint density at radius 1 is 1.38 bits per heavy atom. The highest BCUT2D eigenvalue weighted by molar-refractivity contribution is 14.1. The molecule has 2 amide bonds. The number of hydrogen-bond acceptors (Lipinski definition) is 3. The van der Waals surface area contributed by atoms with Crippen LogP contribution in [0.1, 0.15) is 19.4 Å². The van der Waals surface area contributed by atoms with Crippen molar-refractivity contribution < 1.29 is 14.3 Å². The lowest BCUT2D eigenvalue weighted by atomic mass is 9.95. The number of halogens is 1. The lowest BCUT2D eigenvalue weighted by Gasteiger charge is -2.25. The minimum atomic E-state index is -0.503. The van der Waals surface area contributed by atoms with Gasteiger partial charge in [0.1, 0.15) is 6.61 Å². The topological polar surface area (TPSA) is 46.6 Å². The number of ether oxygens (including phenoxy) is 1. The molecule has 0 bridgehead atoms. The minimum absolute atomic E-state index is 0.108. The van der Waals surface area contributed by atoms with E-state index < -0.39 is 6.09 Å². The fraction of sp³-hybridized carbons (Fsp3) is 0.500. The van der Waals surface area contributed by atoms with Gasteiger partial charge in [-0.05, 0) is 17.9 Å². The first kappa shape index (κ1) is 16.3. The van der Waals surface area contributed by atoms with E-state index in [-0.39, 0.29) is 30.4 Å². The molecule has 21 heavy (non-hydrogen) atoms. The van der Waals surface area contributed by atoms with Gasteiger partial charge in [0.2, 0.25) is 5.91 Å². The van der Waals surface area contributed by atoms with E-state index in [1.807, 2.05) is 44.2 Å². The highest BCUT2D eigenvalue weighted by atomic mass is 127. The molecule has 2 rings (SSSR count). The second-order valence-electron chi connectivity index (χ2n) is 5.63. The zero-order valence-electron chi connectivity index (χ0n) is 12.3. The van der Waals surface area contributed by atoms with Gasteiger partial charge in [-0.3, -0.25) is 4.79 Å². The van der Waals surface area contributed by atoms with Crippen molar-refractivity contribution in [3.8, 4) is 0 Å². The van der Waals surface area contributed by atoms with Gasteiger partial charge >= 0.3 is 6.09 Å². The van der Waals surface area contributed by atoms with Gasteiger partial charge in [-0.15, -0.1) is 0 Å². The van der Waals surface area contributed by atoms with Crippen LogP contribution in [0, 0.1) is 11.8 Å². The van der Waals surface area contributed by atoms with E-state index in [2.05, 4.69) is 22.6 Å². The summed E-state index contributed by atoms with van der Waals surface area (Å²) in [6.07, 6.45) is 0.140. The van der Waals surface area contributed by atoms with Gasteiger partial charge in [-0.1, -0.05) is 66.8 Å². The smallest absolute Gasteiger partial charge is 0.416 e. The quantitative estimate of drug-likeness (QED) is 0.562. The summed E-state index contributed by atoms with van der Waals surface area (Å²) in [5.74, 6) is -0.0440. The molecule has 4 nitrogen and oxygen atoms in total. The summed E-state index contributed by atoms with van der Waals surface area (Å²) in [7, 11) is 0. The molecule has 0 aromatic heterocycles. The Morgan fingerprint density at radius 2 is 2.05 bits per heavy atom. The van der Waals surface area contributed by atoms with Crippen LogP contribution in [0.25, 0.3) is 0 Å². The van der Waals surface area contributed by atoms with Crippen molar-refractivity contribution in [1.29, 1.82) is 0 Å². The number of cyclic esters (lactones) is 1. The van der Waals surface area contributed by atoms with Gasteiger partial charge in [0.05, 0.1) is 6.04 Å². The lowest BCUT2D eigenvalue weighted by Crippen LogP contribution is -2.45. The van der Waals surface area contributed by atoms with E-state index in [1.165, 1.54) is 4.90 Å². The van der Waals surface area contributed by atoms with E-state index in [0.29, 0.717) is 10.8 Å². The molecule has 0 spiro atoms. The van der Waals surface area contributed by atoms with Crippen LogP contribution < -0.4 is 0 Å². The third kappa shape index (κ3) is 3.75. The summed E-state index contributed by atoms with van der Waals surface area (Å²) in [6, 6.07) is 9.68. The maximum Gasteiger partial charge on any atom is 0.416 e. The molecule has 0 radical (unpaired) electrons. The monoisotopic (exact) mass is 401 g/mol. The molecule has 1 saturated heterocycles. The summed E-state index contributed by atoms with van der Waals surface area (Å²) in [6.45, 7) is 4.30. The van der Waals surface area contributed by atoms with Gasteiger partial charge < -0.3 is 4.74 Å². The van der Waals surface area contributed by atoms with Crippen LogP contribution in [-0.2, 0) is 16.0 Å². The SMILES string of the molecule is CC(C)C(CI)C(=O)N1C(=O)OC[C@H]1Cc1ccccc1. The zero-order chi connectivity index (χ0) is 15.4. The molecule has 1 aromatic rings. The average molecular weight is 401 g/mol. The van der Waals surface area contributed by atoms with Gasteiger partial charge in [-0.2, -0.15) is 0 Å². The van der Waals surface area contributed by atoms with E-state index >= 15 is 0 Å². The number of hydrogen-bond donors (Lipinski definition) is 0. The summed E-state index contributed by atoms with van der Waals surface area (Å²) in [4.78, 5) is 25.9. The standard InChI is InChI=1S/C16H20INO3/c1-11(2)14(9-17)15(19)18-13(10-21-16(18)20)8-12-6-4-3-5-7-12/h3-7,11,13-14H,8-10H2,1-2H3/t13-,14?/m1/s1. The molecule has 0 N–H and O–H groups in total. The third-order valence-electron chi connectivity index (χ3n) is 3.80. The van der Waals surface area contributed by atoms with Crippen LogP contribution in [0.15, 0.2) is 30.3 Å². The van der Waals surface area contributed by atoms with Crippen molar-refractivity contribution in [1.82, 2.24) is 4.90 Å². The van der Waals surface area contributed by atoms with Crippen LogP contribution in [0.3, 0.4) is 0 Å². The number of carbonyl (C=O) groups is 2. The number of rotatable bonds is 5. The molecule has 1 aliphatic heterocycles. The lowest BCUT2D eigenvalue weighted by molar-refractivity contribution is -0.133. The third-order valence-corrected chi connectivity index (χ3v) is 4.75. The molecule has 2 atom stereocenters. The largest absolute Gasteiger partial charge is 0.447 e. The first-order valence-electron chi connectivity index (χ1n) is 7.14. The van der Waals surface area contributed by atoms with E-state index in [1.54, 1.807) is 0 Å². The van der Waals surface area contributed by atoms with Gasteiger partial charge in [-0.25, -0.2) is 9.69 Å². The Labute approximate surface area is 139 Å². The molecular formula is C16H20INO3.